The van der Waals surface area contributed by atoms with Gasteiger partial charge in [-0.2, -0.15) is 0 Å². The molecule has 2 amide bonds. The molecule has 5 aliphatic rings. The molecule has 3 aromatic rings. The second-order valence-electron chi connectivity index (χ2n) is 14.0. The average molecular weight is 644 g/mol. The molecule has 1 saturated heterocycles. The van der Waals surface area contributed by atoms with Crippen molar-refractivity contribution >= 4 is 27.7 Å². The molecule has 2 aromatic carbocycles. The summed E-state index contributed by atoms with van der Waals surface area (Å²) < 4.78 is 28.4. The number of piperazine rings is 1. The first kappa shape index (κ1) is 30.7. The molecular formula is C35H41N5O5S. The summed E-state index contributed by atoms with van der Waals surface area (Å²) in [6.45, 7) is 2.23. The molecule has 10 nitrogen and oxygen atoms in total. The van der Waals surface area contributed by atoms with E-state index in [4.69, 9.17) is 0 Å². The van der Waals surface area contributed by atoms with E-state index in [1.807, 2.05) is 46.2 Å². The molecule has 242 valence electrons. The van der Waals surface area contributed by atoms with Gasteiger partial charge in [0.05, 0.1) is 5.75 Å². The smallest absolute Gasteiger partial charge is 0.285 e. The van der Waals surface area contributed by atoms with Gasteiger partial charge < -0.3 is 14.9 Å². The molecule has 0 spiro atoms. The van der Waals surface area contributed by atoms with Gasteiger partial charge in [-0.3, -0.25) is 9.59 Å². The SMILES string of the molecule is O=C(NS(=O)(=O)CC12CC3CC(CC(C3)C1)C2)c1ccc(N2CCN(C(=O)CCc3ccccc3-c3cccc(O)c3)CC2)nn1. The molecule has 2 N–H and O–H groups in total. The van der Waals surface area contributed by atoms with Gasteiger partial charge in [0.2, 0.25) is 15.9 Å². The number of benzene rings is 2. The molecule has 11 heteroatoms. The Labute approximate surface area is 270 Å². The number of anilines is 1. The fourth-order valence-corrected chi connectivity index (χ4v) is 10.6. The lowest BCUT2D eigenvalue weighted by Crippen LogP contribution is -2.51. The van der Waals surface area contributed by atoms with E-state index in [2.05, 4.69) is 14.9 Å². The third-order valence-electron chi connectivity index (χ3n) is 10.5. The van der Waals surface area contributed by atoms with Gasteiger partial charge in [-0.25, -0.2) is 13.1 Å². The molecule has 5 fully saturated rings. The van der Waals surface area contributed by atoms with E-state index in [1.165, 1.54) is 25.3 Å². The van der Waals surface area contributed by atoms with Crippen LogP contribution in [-0.2, 0) is 21.2 Å². The summed E-state index contributed by atoms with van der Waals surface area (Å²) in [4.78, 5) is 29.8. The zero-order chi connectivity index (χ0) is 31.9. The molecule has 0 unspecified atom stereocenters. The molecule has 8 rings (SSSR count). The number of aromatic nitrogens is 2. The standard InChI is InChI=1S/C35H41N5O5S/c41-29-6-3-5-28(19-29)30-7-2-1-4-27(30)8-11-33(42)40-14-12-39(13-15-40)32-10-9-31(36-37-32)34(43)38-46(44,45)23-35-20-24-16-25(21-35)18-26(17-24)22-35/h1-7,9-10,19,24-26,41H,8,11-18,20-23H2,(H,38,43). The van der Waals surface area contributed by atoms with Crippen molar-refractivity contribution in [1.29, 1.82) is 0 Å². The van der Waals surface area contributed by atoms with E-state index >= 15 is 0 Å². The predicted molar refractivity (Wildman–Crippen MR) is 175 cm³/mol. The van der Waals surface area contributed by atoms with Crippen LogP contribution in [0.3, 0.4) is 0 Å². The van der Waals surface area contributed by atoms with Crippen molar-refractivity contribution in [2.24, 2.45) is 23.2 Å². The van der Waals surface area contributed by atoms with Crippen LogP contribution in [0.15, 0.2) is 60.7 Å². The third kappa shape index (κ3) is 6.61. The van der Waals surface area contributed by atoms with Crippen LogP contribution in [0.5, 0.6) is 5.75 Å². The molecule has 1 aromatic heterocycles. The number of carbonyl (C=O) groups is 2. The fourth-order valence-electron chi connectivity index (χ4n) is 8.99. The topological polar surface area (TPSA) is 133 Å². The molecule has 4 bridgehead atoms. The predicted octanol–water partition coefficient (Wildman–Crippen LogP) is 4.41. The highest BCUT2D eigenvalue weighted by molar-refractivity contribution is 7.90. The summed E-state index contributed by atoms with van der Waals surface area (Å²) in [5.41, 5.74) is 2.75. The minimum atomic E-state index is -3.80. The first-order valence-electron chi connectivity index (χ1n) is 16.4. The van der Waals surface area contributed by atoms with Crippen molar-refractivity contribution in [3.05, 3.63) is 71.9 Å². The van der Waals surface area contributed by atoms with Crippen molar-refractivity contribution < 1.29 is 23.1 Å². The monoisotopic (exact) mass is 643 g/mol. The summed E-state index contributed by atoms with van der Waals surface area (Å²) in [6.07, 6.45) is 7.54. The summed E-state index contributed by atoms with van der Waals surface area (Å²) in [6, 6.07) is 18.3. The van der Waals surface area contributed by atoms with Crippen molar-refractivity contribution in [3.63, 3.8) is 0 Å². The number of carbonyl (C=O) groups excluding carboxylic acids is 2. The fraction of sp³-hybridized carbons (Fsp3) is 0.486. The first-order valence-corrected chi connectivity index (χ1v) is 18.1. The number of nitrogens with zero attached hydrogens (tertiary/aromatic N) is 4. The van der Waals surface area contributed by atoms with Gasteiger partial charge >= 0.3 is 0 Å². The number of phenolic OH excluding ortho intramolecular Hbond substituents is 1. The highest BCUT2D eigenvalue weighted by atomic mass is 32.2. The maximum Gasteiger partial charge on any atom is 0.285 e. The Morgan fingerprint density at radius 2 is 1.57 bits per heavy atom. The van der Waals surface area contributed by atoms with Crippen LogP contribution in [0, 0.1) is 23.2 Å². The number of hydrogen-bond donors (Lipinski definition) is 2. The summed E-state index contributed by atoms with van der Waals surface area (Å²) in [5.74, 6) is 2.04. The van der Waals surface area contributed by atoms with Gasteiger partial charge in [-0.15, -0.1) is 10.2 Å². The first-order chi connectivity index (χ1) is 22.1. The van der Waals surface area contributed by atoms with Crippen molar-refractivity contribution in [3.8, 4) is 16.9 Å². The van der Waals surface area contributed by atoms with Crippen LogP contribution < -0.4 is 9.62 Å². The van der Waals surface area contributed by atoms with Crippen LogP contribution in [0.2, 0.25) is 0 Å². The van der Waals surface area contributed by atoms with Crippen molar-refractivity contribution in [2.75, 3.05) is 36.8 Å². The molecule has 46 heavy (non-hydrogen) atoms. The zero-order valence-electron chi connectivity index (χ0n) is 26.0. The highest BCUT2D eigenvalue weighted by Gasteiger charge is 2.52. The molecule has 4 aliphatic carbocycles. The maximum atomic E-state index is 13.1. The van der Waals surface area contributed by atoms with Gasteiger partial charge in [0.25, 0.3) is 5.91 Å². The molecule has 0 atom stereocenters. The molecule has 4 saturated carbocycles. The minimum Gasteiger partial charge on any atom is -0.508 e. The van der Waals surface area contributed by atoms with Gasteiger partial charge in [0, 0.05) is 32.6 Å². The van der Waals surface area contributed by atoms with Gasteiger partial charge in [-0.05, 0) is 109 Å². The average Bonchev–Trinajstić information content (AvgIpc) is 3.02. The number of hydrogen-bond acceptors (Lipinski definition) is 8. The van der Waals surface area contributed by atoms with Gasteiger partial charge in [-0.1, -0.05) is 36.4 Å². The lowest BCUT2D eigenvalue weighted by molar-refractivity contribution is -0.131. The Balaban J connectivity index is 0.900. The Morgan fingerprint density at radius 3 is 2.22 bits per heavy atom. The normalized spacial score (nSPS) is 25.4. The number of aryl methyl sites for hydroxylation is 1. The number of rotatable bonds is 9. The Morgan fingerprint density at radius 1 is 0.870 bits per heavy atom. The van der Waals surface area contributed by atoms with Gasteiger partial charge in [0.1, 0.15) is 5.75 Å². The van der Waals surface area contributed by atoms with E-state index in [9.17, 15) is 23.1 Å². The van der Waals surface area contributed by atoms with E-state index < -0.39 is 15.9 Å². The molecular weight excluding hydrogens is 602 g/mol. The van der Waals surface area contributed by atoms with Crippen molar-refractivity contribution in [1.82, 2.24) is 19.8 Å². The van der Waals surface area contributed by atoms with Crippen LogP contribution in [-0.4, -0.2) is 72.4 Å². The van der Waals surface area contributed by atoms with E-state index in [1.54, 1.807) is 18.2 Å². The summed E-state index contributed by atoms with van der Waals surface area (Å²) >= 11 is 0. The van der Waals surface area contributed by atoms with Gasteiger partial charge in [0.15, 0.2) is 11.5 Å². The lowest BCUT2D eigenvalue weighted by Gasteiger charge is -2.56. The Hall–Kier alpha value is -3.99. The quantitative estimate of drug-likeness (QED) is 0.351. The number of phenols is 1. The van der Waals surface area contributed by atoms with E-state index in [0.717, 1.165) is 36.0 Å². The van der Waals surface area contributed by atoms with Crippen LogP contribution >= 0.6 is 0 Å². The van der Waals surface area contributed by atoms with Crippen LogP contribution in [0.1, 0.15) is 61.0 Å². The zero-order valence-corrected chi connectivity index (χ0v) is 26.8. The van der Waals surface area contributed by atoms with Crippen LogP contribution in [0.4, 0.5) is 5.82 Å². The molecule has 0 radical (unpaired) electrons. The molecule has 1 aliphatic heterocycles. The second kappa shape index (κ2) is 12.3. The number of aromatic hydroxyl groups is 1. The highest BCUT2D eigenvalue weighted by Crippen LogP contribution is 2.60. The van der Waals surface area contributed by atoms with E-state index in [0.29, 0.717) is 62.6 Å². The molecule has 2 heterocycles. The third-order valence-corrected chi connectivity index (χ3v) is 12.0. The summed E-state index contributed by atoms with van der Waals surface area (Å²) in [5, 5.41) is 18.2. The second-order valence-corrected chi connectivity index (χ2v) is 15.7. The minimum absolute atomic E-state index is 0.00778. The van der Waals surface area contributed by atoms with E-state index in [-0.39, 0.29) is 28.5 Å². The maximum absolute atomic E-state index is 13.1. The Bertz CT molecular complexity index is 1680. The number of nitrogens with one attached hydrogen (secondary N) is 1. The van der Waals surface area contributed by atoms with Crippen molar-refractivity contribution in [2.45, 2.75) is 51.4 Å². The summed E-state index contributed by atoms with van der Waals surface area (Å²) in [7, 11) is -3.80. The van der Waals surface area contributed by atoms with Crippen LogP contribution in [0.25, 0.3) is 11.1 Å². The lowest BCUT2D eigenvalue weighted by atomic mass is 9.50. The number of amides is 2. The Kier molecular flexibility index (Phi) is 8.21. The largest absolute Gasteiger partial charge is 0.508 e. The number of sulfonamides is 1.